The summed E-state index contributed by atoms with van der Waals surface area (Å²) in [5, 5.41) is 4.76. The molecule has 1 nitrogen and oxygen atoms in total. The van der Waals surface area contributed by atoms with E-state index in [1.54, 1.807) is 12.1 Å². The maximum atomic E-state index is 6.09. The van der Waals surface area contributed by atoms with Crippen LogP contribution in [0.3, 0.4) is 0 Å². The molecule has 0 aromatic heterocycles. The molecule has 0 amide bonds. The highest BCUT2D eigenvalue weighted by molar-refractivity contribution is 6.44. The third kappa shape index (κ3) is 3.32. The van der Waals surface area contributed by atoms with Crippen LogP contribution < -0.4 is 5.32 Å². The lowest BCUT2D eigenvalue weighted by atomic mass is 10.1. The molecule has 0 fully saturated rings. The van der Waals surface area contributed by atoms with Crippen molar-refractivity contribution >= 4 is 40.5 Å². The average Bonchev–Trinajstić information content (AvgIpc) is 2.34. The summed E-state index contributed by atoms with van der Waals surface area (Å²) >= 11 is 17.9. The SMILES string of the molecule is Cc1ccc(CNc2cc(Cl)c(Cl)cc2Cl)cc1. The van der Waals surface area contributed by atoms with Crippen molar-refractivity contribution in [2.45, 2.75) is 13.5 Å². The Kier molecular flexibility index (Phi) is 4.39. The number of hydrogen-bond donors (Lipinski definition) is 1. The number of rotatable bonds is 3. The summed E-state index contributed by atoms with van der Waals surface area (Å²) in [5.41, 5.74) is 3.21. The van der Waals surface area contributed by atoms with E-state index in [1.165, 1.54) is 11.1 Å². The molecule has 0 aliphatic carbocycles. The Morgan fingerprint density at radius 3 is 2.17 bits per heavy atom. The summed E-state index contributed by atoms with van der Waals surface area (Å²) in [6.45, 7) is 2.75. The number of halogens is 3. The highest BCUT2D eigenvalue weighted by Crippen LogP contribution is 2.32. The van der Waals surface area contributed by atoms with Crippen molar-refractivity contribution in [3.05, 3.63) is 62.6 Å². The fraction of sp³-hybridized carbons (Fsp3) is 0.143. The zero-order valence-corrected chi connectivity index (χ0v) is 12.1. The van der Waals surface area contributed by atoms with Crippen LogP contribution in [-0.4, -0.2) is 0 Å². The molecule has 0 heterocycles. The quantitative estimate of drug-likeness (QED) is 0.731. The molecule has 0 unspecified atom stereocenters. The van der Waals surface area contributed by atoms with Crippen LogP contribution in [0.15, 0.2) is 36.4 Å². The molecule has 0 saturated heterocycles. The van der Waals surface area contributed by atoms with Crippen molar-refractivity contribution in [1.82, 2.24) is 0 Å². The first-order chi connectivity index (χ1) is 8.56. The minimum atomic E-state index is 0.461. The normalized spacial score (nSPS) is 10.4. The maximum absolute atomic E-state index is 6.09. The Morgan fingerprint density at radius 2 is 1.50 bits per heavy atom. The van der Waals surface area contributed by atoms with Gasteiger partial charge < -0.3 is 5.32 Å². The summed E-state index contributed by atoms with van der Waals surface area (Å²) in [5.74, 6) is 0. The zero-order valence-electron chi connectivity index (χ0n) is 9.81. The van der Waals surface area contributed by atoms with Crippen molar-refractivity contribution in [2.75, 3.05) is 5.32 Å². The van der Waals surface area contributed by atoms with Gasteiger partial charge in [0.1, 0.15) is 0 Å². The monoisotopic (exact) mass is 299 g/mol. The Bertz CT molecular complexity index is 550. The van der Waals surface area contributed by atoms with Gasteiger partial charge in [-0.1, -0.05) is 64.6 Å². The van der Waals surface area contributed by atoms with E-state index < -0.39 is 0 Å². The largest absolute Gasteiger partial charge is 0.380 e. The maximum Gasteiger partial charge on any atom is 0.0653 e. The summed E-state index contributed by atoms with van der Waals surface area (Å²) < 4.78 is 0. The van der Waals surface area contributed by atoms with E-state index in [9.17, 15) is 0 Å². The number of aryl methyl sites for hydroxylation is 1. The molecular weight excluding hydrogens is 289 g/mol. The highest BCUT2D eigenvalue weighted by Gasteiger charge is 2.05. The number of nitrogens with one attached hydrogen (secondary N) is 1. The summed E-state index contributed by atoms with van der Waals surface area (Å²) in [7, 11) is 0. The van der Waals surface area contributed by atoms with Crippen LogP contribution in [0.5, 0.6) is 0 Å². The second kappa shape index (κ2) is 5.83. The predicted molar refractivity (Wildman–Crippen MR) is 80.0 cm³/mol. The Labute approximate surface area is 122 Å². The molecule has 0 radical (unpaired) electrons. The number of benzene rings is 2. The van der Waals surface area contributed by atoms with Gasteiger partial charge in [0, 0.05) is 6.54 Å². The van der Waals surface area contributed by atoms with Crippen molar-refractivity contribution in [2.24, 2.45) is 0 Å². The van der Waals surface area contributed by atoms with Gasteiger partial charge in [-0.15, -0.1) is 0 Å². The lowest BCUT2D eigenvalue weighted by Crippen LogP contribution is -2.00. The van der Waals surface area contributed by atoms with Gasteiger partial charge in [-0.25, -0.2) is 0 Å². The van der Waals surface area contributed by atoms with Gasteiger partial charge in [0.25, 0.3) is 0 Å². The standard InChI is InChI=1S/C14H12Cl3N/c1-9-2-4-10(5-3-9)8-18-14-7-12(16)11(15)6-13(14)17/h2-7,18H,8H2,1H3. The molecule has 0 aliphatic heterocycles. The molecule has 18 heavy (non-hydrogen) atoms. The van der Waals surface area contributed by atoms with Crippen LogP contribution in [0.4, 0.5) is 5.69 Å². The molecule has 0 atom stereocenters. The molecule has 1 N–H and O–H groups in total. The van der Waals surface area contributed by atoms with Gasteiger partial charge in [-0.2, -0.15) is 0 Å². The molecule has 0 saturated carbocycles. The first-order valence-electron chi connectivity index (χ1n) is 5.50. The van der Waals surface area contributed by atoms with Crippen LogP contribution in [0.2, 0.25) is 15.1 Å². The van der Waals surface area contributed by atoms with E-state index in [1.807, 2.05) is 0 Å². The second-order valence-electron chi connectivity index (χ2n) is 4.09. The molecular formula is C14H12Cl3N. The predicted octanol–water partition coefficient (Wildman–Crippen LogP) is 5.57. The molecule has 4 heteroatoms. The van der Waals surface area contributed by atoms with Crippen LogP contribution >= 0.6 is 34.8 Å². The fourth-order valence-corrected chi connectivity index (χ4v) is 2.17. The smallest absolute Gasteiger partial charge is 0.0653 e. The van der Waals surface area contributed by atoms with E-state index in [0.29, 0.717) is 21.6 Å². The minimum Gasteiger partial charge on any atom is -0.380 e. The Balaban J connectivity index is 2.10. The molecule has 0 spiro atoms. The van der Waals surface area contributed by atoms with Crippen LogP contribution in [0.25, 0.3) is 0 Å². The van der Waals surface area contributed by atoms with Gasteiger partial charge in [0.05, 0.1) is 20.8 Å². The Hall–Kier alpha value is -0.890. The van der Waals surface area contributed by atoms with Crippen LogP contribution in [0, 0.1) is 6.92 Å². The molecule has 94 valence electrons. The van der Waals surface area contributed by atoms with E-state index in [2.05, 4.69) is 36.5 Å². The van der Waals surface area contributed by atoms with Crippen molar-refractivity contribution in [3.63, 3.8) is 0 Å². The van der Waals surface area contributed by atoms with Gasteiger partial charge in [-0.05, 0) is 24.6 Å². The number of hydrogen-bond acceptors (Lipinski definition) is 1. The number of anilines is 1. The van der Waals surface area contributed by atoms with Crippen LogP contribution in [0.1, 0.15) is 11.1 Å². The second-order valence-corrected chi connectivity index (χ2v) is 5.31. The average molecular weight is 301 g/mol. The van der Waals surface area contributed by atoms with E-state index in [0.717, 1.165) is 5.69 Å². The van der Waals surface area contributed by atoms with E-state index >= 15 is 0 Å². The summed E-state index contributed by atoms with van der Waals surface area (Å²) in [6, 6.07) is 11.7. The Morgan fingerprint density at radius 1 is 0.889 bits per heavy atom. The van der Waals surface area contributed by atoms with Crippen molar-refractivity contribution in [1.29, 1.82) is 0 Å². The van der Waals surface area contributed by atoms with Crippen molar-refractivity contribution in [3.8, 4) is 0 Å². The zero-order chi connectivity index (χ0) is 13.1. The summed E-state index contributed by atoms with van der Waals surface area (Å²) in [4.78, 5) is 0. The fourth-order valence-electron chi connectivity index (χ4n) is 1.56. The van der Waals surface area contributed by atoms with Crippen molar-refractivity contribution < 1.29 is 0 Å². The molecule has 2 aromatic carbocycles. The van der Waals surface area contributed by atoms with Crippen LogP contribution in [-0.2, 0) is 6.54 Å². The highest BCUT2D eigenvalue weighted by atomic mass is 35.5. The minimum absolute atomic E-state index is 0.461. The first-order valence-corrected chi connectivity index (χ1v) is 6.63. The summed E-state index contributed by atoms with van der Waals surface area (Å²) in [6.07, 6.45) is 0. The van der Waals surface area contributed by atoms with Gasteiger partial charge >= 0.3 is 0 Å². The molecule has 0 bridgehead atoms. The van der Waals surface area contributed by atoms with E-state index in [-0.39, 0.29) is 0 Å². The third-order valence-corrected chi connectivity index (χ3v) is 3.65. The van der Waals surface area contributed by atoms with Gasteiger partial charge in [-0.3, -0.25) is 0 Å². The third-order valence-electron chi connectivity index (χ3n) is 2.61. The topological polar surface area (TPSA) is 12.0 Å². The van der Waals surface area contributed by atoms with Gasteiger partial charge in [0.2, 0.25) is 0 Å². The van der Waals surface area contributed by atoms with Gasteiger partial charge in [0.15, 0.2) is 0 Å². The molecule has 2 rings (SSSR count). The first kappa shape index (κ1) is 13.5. The lowest BCUT2D eigenvalue weighted by Gasteiger charge is -2.10. The molecule has 2 aromatic rings. The lowest BCUT2D eigenvalue weighted by molar-refractivity contribution is 1.14. The van der Waals surface area contributed by atoms with E-state index in [4.69, 9.17) is 34.8 Å². The molecule has 0 aliphatic rings.